The van der Waals surface area contributed by atoms with E-state index in [1.165, 1.54) is 0 Å². The van der Waals surface area contributed by atoms with Crippen LogP contribution < -0.4 is 5.56 Å². The summed E-state index contributed by atoms with van der Waals surface area (Å²) in [5.41, 5.74) is 2.58. The SMILES string of the molecule is C=C/C=C(\C=C)c1ccc2[nH][nH]c(=O)c2c1. The van der Waals surface area contributed by atoms with E-state index in [1.807, 2.05) is 24.3 Å². The Labute approximate surface area is 92.8 Å². The number of hydrogen-bond acceptors (Lipinski definition) is 1. The van der Waals surface area contributed by atoms with Gasteiger partial charge in [0, 0.05) is 0 Å². The van der Waals surface area contributed by atoms with E-state index >= 15 is 0 Å². The molecular weight excluding hydrogens is 200 g/mol. The molecule has 1 heterocycles. The van der Waals surface area contributed by atoms with Gasteiger partial charge in [0.1, 0.15) is 0 Å². The minimum Gasteiger partial charge on any atom is -0.298 e. The Hall–Kier alpha value is -2.29. The standard InChI is InChI=1S/C13H12N2O/c1-3-5-9(4-2)10-6-7-12-11(8-10)13(16)15-14-12/h3-8H,1-2H2,(H2,14,15,16)/b9-5+. The normalized spacial score (nSPS) is 11.6. The lowest BCUT2D eigenvalue weighted by Crippen LogP contribution is -1.97. The van der Waals surface area contributed by atoms with Gasteiger partial charge in [-0.3, -0.25) is 15.0 Å². The van der Waals surface area contributed by atoms with Crippen LogP contribution in [0.1, 0.15) is 5.56 Å². The quantitative estimate of drug-likeness (QED) is 0.755. The van der Waals surface area contributed by atoms with Crippen LogP contribution in [0.3, 0.4) is 0 Å². The summed E-state index contributed by atoms with van der Waals surface area (Å²) in [6.07, 6.45) is 5.29. The van der Waals surface area contributed by atoms with E-state index < -0.39 is 0 Å². The smallest absolute Gasteiger partial charge is 0.271 e. The lowest BCUT2D eigenvalue weighted by atomic mass is 10.0. The van der Waals surface area contributed by atoms with Gasteiger partial charge in [-0.15, -0.1) is 0 Å². The molecule has 0 aliphatic carbocycles. The first kappa shape index (κ1) is 10.2. The van der Waals surface area contributed by atoms with Crippen molar-refractivity contribution in [1.29, 1.82) is 0 Å². The summed E-state index contributed by atoms with van der Waals surface area (Å²) >= 11 is 0. The maximum Gasteiger partial charge on any atom is 0.271 e. The van der Waals surface area contributed by atoms with E-state index in [0.29, 0.717) is 5.39 Å². The summed E-state index contributed by atoms with van der Waals surface area (Å²) in [5.74, 6) is 0. The Morgan fingerprint density at radius 2 is 2.06 bits per heavy atom. The topological polar surface area (TPSA) is 48.6 Å². The van der Waals surface area contributed by atoms with Crippen LogP contribution in [0.5, 0.6) is 0 Å². The molecule has 1 aromatic carbocycles. The number of aromatic nitrogens is 2. The number of nitrogens with one attached hydrogen (secondary N) is 2. The third-order valence-corrected chi connectivity index (χ3v) is 2.43. The molecule has 0 aliphatic rings. The minimum absolute atomic E-state index is 0.112. The van der Waals surface area contributed by atoms with Crippen LogP contribution in [-0.4, -0.2) is 10.2 Å². The van der Waals surface area contributed by atoms with Gasteiger partial charge in [0.05, 0.1) is 10.9 Å². The van der Waals surface area contributed by atoms with Gasteiger partial charge in [-0.25, -0.2) is 0 Å². The predicted molar refractivity (Wildman–Crippen MR) is 67.3 cm³/mol. The number of H-pyrrole nitrogens is 2. The van der Waals surface area contributed by atoms with Crippen molar-refractivity contribution in [3.05, 3.63) is 65.5 Å². The average molecular weight is 212 g/mol. The van der Waals surface area contributed by atoms with Crippen molar-refractivity contribution in [2.45, 2.75) is 0 Å². The zero-order valence-corrected chi connectivity index (χ0v) is 8.79. The number of allylic oxidation sites excluding steroid dienone is 4. The van der Waals surface area contributed by atoms with Crippen molar-refractivity contribution in [2.24, 2.45) is 0 Å². The molecular formula is C13H12N2O. The molecule has 0 saturated heterocycles. The van der Waals surface area contributed by atoms with Crippen LogP contribution in [0, 0.1) is 0 Å². The Bertz CT molecular complexity index is 629. The Balaban J connectivity index is 2.66. The molecule has 2 rings (SSSR count). The van der Waals surface area contributed by atoms with E-state index in [9.17, 15) is 4.79 Å². The fraction of sp³-hybridized carbons (Fsp3) is 0. The van der Waals surface area contributed by atoms with E-state index in [4.69, 9.17) is 0 Å². The molecule has 0 bridgehead atoms. The highest BCUT2D eigenvalue weighted by molar-refractivity contribution is 5.85. The number of benzene rings is 1. The van der Waals surface area contributed by atoms with Crippen molar-refractivity contribution in [3.8, 4) is 0 Å². The fourth-order valence-corrected chi connectivity index (χ4v) is 1.62. The molecule has 0 aliphatic heterocycles. The summed E-state index contributed by atoms with van der Waals surface area (Å²) in [6, 6.07) is 5.63. The van der Waals surface area contributed by atoms with Crippen LogP contribution in [0.2, 0.25) is 0 Å². The molecule has 3 nitrogen and oxygen atoms in total. The third kappa shape index (κ3) is 1.63. The van der Waals surface area contributed by atoms with Gasteiger partial charge >= 0.3 is 0 Å². The first-order chi connectivity index (χ1) is 7.76. The zero-order valence-electron chi connectivity index (χ0n) is 8.79. The summed E-state index contributed by atoms with van der Waals surface area (Å²) < 4.78 is 0. The van der Waals surface area contributed by atoms with Crippen LogP contribution in [0.15, 0.2) is 54.4 Å². The van der Waals surface area contributed by atoms with E-state index in [2.05, 4.69) is 23.4 Å². The highest BCUT2D eigenvalue weighted by Gasteiger charge is 2.03. The maximum absolute atomic E-state index is 11.4. The molecule has 0 radical (unpaired) electrons. The molecule has 2 N–H and O–H groups in total. The van der Waals surface area contributed by atoms with Gasteiger partial charge in [0.25, 0.3) is 5.56 Å². The lowest BCUT2D eigenvalue weighted by molar-refractivity contribution is 1.08. The van der Waals surface area contributed by atoms with Crippen LogP contribution in [0.4, 0.5) is 0 Å². The summed E-state index contributed by atoms with van der Waals surface area (Å²) in [4.78, 5) is 11.4. The molecule has 0 fully saturated rings. The van der Waals surface area contributed by atoms with Crippen molar-refractivity contribution in [1.82, 2.24) is 10.2 Å². The van der Waals surface area contributed by atoms with Gasteiger partial charge in [-0.05, 0) is 23.3 Å². The molecule has 3 heteroatoms. The highest BCUT2D eigenvalue weighted by atomic mass is 16.1. The average Bonchev–Trinajstić information content (AvgIpc) is 2.68. The third-order valence-electron chi connectivity index (χ3n) is 2.43. The summed E-state index contributed by atoms with van der Waals surface area (Å²) in [5, 5.41) is 6.00. The molecule has 0 amide bonds. The Morgan fingerprint density at radius 3 is 2.75 bits per heavy atom. The predicted octanol–water partition coefficient (Wildman–Crippen LogP) is 2.61. The van der Waals surface area contributed by atoms with Crippen molar-refractivity contribution < 1.29 is 0 Å². The Morgan fingerprint density at radius 1 is 1.25 bits per heavy atom. The van der Waals surface area contributed by atoms with Crippen molar-refractivity contribution in [2.75, 3.05) is 0 Å². The van der Waals surface area contributed by atoms with E-state index in [0.717, 1.165) is 16.7 Å². The fourth-order valence-electron chi connectivity index (χ4n) is 1.62. The van der Waals surface area contributed by atoms with E-state index in [-0.39, 0.29) is 5.56 Å². The first-order valence-corrected chi connectivity index (χ1v) is 4.92. The monoisotopic (exact) mass is 212 g/mol. The Kier molecular flexibility index (Phi) is 2.60. The zero-order chi connectivity index (χ0) is 11.5. The molecule has 0 atom stereocenters. The summed E-state index contributed by atoms with van der Waals surface area (Å²) in [7, 11) is 0. The number of fused-ring (bicyclic) bond motifs is 1. The van der Waals surface area contributed by atoms with Gasteiger partial charge < -0.3 is 0 Å². The van der Waals surface area contributed by atoms with Gasteiger partial charge in [-0.1, -0.05) is 37.5 Å². The van der Waals surface area contributed by atoms with Crippen LogP contribution >= 0.6 is 0 Å². The molecule has 0 spiro atoms. The highest BCUT2D eigenvalue weighted by Crippen LogP contribution is 2.18. The van der Waals surface area contributed by atoms with Gasteiger partial charge in [-0.2, -0.15) is 0 Å². The number of rotatable bonds is 3. The second-order valence-corrected chi connectivity index (χ2v) is 3.40. The molecule has 16 heavy (non-hydrogen) atoms. The second kappa shape index (κ2) is 4.06. The van der Waals surface area contributed by atoms with Crippen LogP contribution in [0.25, 0.3) is 16.5 Å². The molecule has 1 aromatic heterocycles. The number of hydrogen-bond donors (Lipinski definition) is 2. The second-order valence-electron chi connectivity index (χ2n) is 3.40. The minimum atomic E-state index is -0.112. The van der Waals surface area contributed by atoms with E-state index in [1.54, 1.807) is 12.2 Å². The van der Waals surface area contributed by atoms with Crippen molar-refractivity contribution >= 4 is 16.5 Å². The van der Waals surface area contributed by atoms with Crippen molar-refractivity contribution in [3.63, 3.8) is 0 Å². The number of aromatic amines is 2. The molecule has 0 saturated carbocycles. The molecule has 80 valence electrons. The maximum atomic E-state index is 11.4. The largest absolute Gasteiger partial charge is 0.298 e. The van der Waals surface area contributed by atoms with Gasteiger partial charge in [0.2, 0.25) is 0 Å². The van der Waals surface area contributed by atoms with Gasteiger partial charge in [0.15, 0.2) is 0 Å². The summed E-state index contributed by atoms with van der Waals surface area (Å²) in [6.45, 7) is 7.38. The lowest BCUT2D eigenvalue weighted by Gasteiger charge is -2.00. The first-order valence-electron chi connectivity index (χ1n) is 4.92. The molecule has 0 unspecified atom stereocenters. The van der Waals surface area contributed by atoms with Crippen LogP contribution in [-0.2, 0) is 0 Å². The molecule has 2 aromatic rings.